The Bertz CT molecular complexity index is 320. The van der Waals surface area contributed by atoms with Crippen LogP contribution in [0.5, 0.6) is 0 Å². The molecule has 0 amide bonds. The normalized spacial score (nSPS) is 26.1. The number of hydrogen-bond acceptors (Lipinski definition) is 3. The van der Waals surface area contributed by atoms with Crippen LogP contribution in [-0.2, 0) is 4.74 Å². The van der Waals surface area contributed by atoms with Crippen molar-refractivity contribution in [3.63, 3.8) is 0 Å². The average molecular weight is 307 g/mol. The third-order valence-corrected chi connectivity index (χ3v) is 3.44. The molecule has 2 rings (SSSR count). The zero-order chi connectivity index (χ0) is 10.1. The zero-order valence-corrected chi connectivity index (χ0v) is 10.3. The lowest BCUT2D eigenvalue weighted by Gasteiger charge is -2.35. The predicted octanol–water partition coefficient (Wildman–Crippen LogP) is 1.81. The summed E-state index contributed by atoms with van der Waals surface area (Å²) < 4.78 is 8.44. The highest BCUT2D eigenvalue weighted by molar-refractivity contribution is 14.1. The maximum Gasteiger partial charge on any atom is 0.135 e. The van der Waals surface area contributed by atoms with Crippen LogP contribution in [0.3, 0.4) is 0 Å². The molecule has 1 heterocycles. The number of hydrogen-bond donors (Lipinski definition) is 1. The second-order valence-corrected chi connectivity index (χ2v) is 4.69. The number of anilines is 1. The average Bonchev–Trinajstić information content (AvgIpc) is 2.41. The van der Waals surface area contributed by atoms with Gasteiger partial charge in [0.05, 0.1) is 21.9 Å². The fourth-order valence-electron chi connectivity index (χ4n) is 1.75. The van der Waals surface area contributed by atoms with Gasteiger partial charge < -0.3 is 10.5 Å². The van der Waals surface area contributed by atoms with Gasteiger partial charge in [-0.15, -0.1) is 0 Å². The highest BCUT2D eigenvalue weighted by Gasteiger charge is 2.32. The highest BCUT2D eigenvalue weighted by atomic mass is 127. The minimum Gasteiger partial charge on any atom is -0.383 e. The van der Waals surface area contributed by atoms with Crippen LogP contribution < -0.4 is 5.73 Å². The van der Waals surface area contributed by atoms with E-state index >= 15 is 0 Å². The molecule has 1 aliphatic rings. The second-order valence-electron chi connectivity index (χ2n) is 3.52. The molecule has 0 atom stereocenters. The van der Waals surface area contributed by atoms with Crippen molar-refractivity contribution >= 4 is 28.4 Å². The van der Waals surface area contributed by atoms with Crippen LogP contribution in [0.1, 0.15) is 25.8 Å². The van der Waals surface area contributed by atoms with E-state index < -0.39 is 0 Å². The molecule has 2 N–H and O–H groups in total. The van der Waals surface area contributed by atoms with Gasteiger partial charge in [0.15, 0.2) is 0 Å². The Hall–Kier alpha value is -0.300. The van der Waals surface area contributed by atoms with Crippen LogP contribution in [-0.4, -0.2) is 22.5 Å². The standard InChI is InChI=1S/C9H14IN3O/c1-2-14-7-3-6(4-7)13-9(11)8(10)5-12-13/h5-7H,2-4,11H2,1H3. The molecular weight excluding hydrogens is 293 g/mol. The summed E-state index contributed by atoms with van der Waals surface area (Å²) >= 11 is 2.20. The fraction of sp³-hybridized carbons (Fsp3) is 0.667. The summed E-state index contributed by atoms with van der Waals surface area (Å²) in [5.74, 6) is 0.783. The molecule has 5 heteroatoms. The molecule has 0 aliphatic heterocycles. The van der Waals surface area contributed by atoms with Crippen LogP contribution in [0.2, 0.25) is 0 Å². The van der Waals surface area contributed by atoms with Crippen molar-refractivity contribution in [3.8, 4) is 0 Å². The Morgan fingerprint density at radius 2 is 2.43 bits per heavy atom. The van der Waals surface area contributed by atoms with E-state index in [2.05, 4.69) is 27.7 Å². The molecule has 1 aromatic rings. The first-order valence-electron chi connectivity index (χ1n) is 4.82. The summed E-state index contributed by atoms with van der Waals surface area (Å²) in [5.41, 5.74) is 5.88. The summed E-state index contributed by atoms with van der Waals surface area (Å²) in [6.07, 6.45) is 4.29. The van der Waals surface area contributed by atoms with Crippen LogP contribution >= 0.6 is 22.6 Å². The highest BCUT2D eigenvalue weighted by Crippen LogP contribution is 2.36. The third-order valence-electron chi connectivity index (χ3n) is 2.61. The molecule has 0 unspecified atom stereocenters. The topological polar surface area (TPSA) is 53.1 Å². The molecule has 1 aromatic heterocycles. The Balaban J connectivity index is 1.96. The quantitative estimate of drug-likeness (QED) is 0.867. The second kappa shape index (κ2) is 4.06. The number of aromatic nitrogens is 2. The Morgan fingerprint density at radius 3 is 2.93 bits per heavy atom. The fourth-order valence-corrected chi connectivity index (χ4v) is 2.12. The van der Waals surface area contributed by atoms with E-state index in [-0.39, 0.29) is 0 Å². The molecule has 0 aromatic carbocycles. The van der Waals surface area contributed by atoms with E-state index in [9.17, 15) is 0 Å². The third kappa shape index (κ3) is 1.75. The lowest BCUT2D eigenvalue weighted by atomic mass is 9.89. The van der Waals surface area contributed by atoms with Gasteiger partial charge >= 0.3 is 0 Å². The Morgan fingerprint density at radius 1 is 1.71 bits per heavy atom. The molecule has 78 valence electrons. The van der Waals surface area contributed by atoms with E-state index in [1.165, 1.54) is 0 Å². The number of nitrogens with two attached hydrogens (primary N) is 1. The van der Waals surface area contributed by atoms with Crippen LogP contribution in [0.25, 0.3) is 0 Å². The molecular formula is C9H14IN3O. The summed E-state index contributed by atoms with van der Waals surface area (Å²) in [6.45, 7) is 2.82. The smallest absolute Gasteiger partial charge is 0.135 e. The number of ether oxygens (including phenoxy) is 1. The van der Waals surface area contributed by atoms with Gasteiger partial charge in [0.25, 0.3) is 0 Å². The van der Waals surface area contributed by atoms with E-state index in [0.29, 0.717) is 12.1 Å². The molecule has 4 nitrogen and oxygen atoms in total. The number of nitrogens with zero attached hydrogens (tertiary/aromatic N) is 2. The number of nitrogen functional groups attached to an aromatic ring is 1. The van der Waals surface area contributed by atoms with Crippen LogP contribution in [0.15, 0.2) is 6.20 Å². The maximum atomic E-state index is 5.88. The lowest BCUT2D eigenvalue weighted by molar-refractivity contribution is -0.0221. The molecule has 1 saturated carbocycles. The minimum atomic E-state index is 0.409. The lowest BCUT2D eigenvalue weighted by Crippen LogP contribution is -2.34. The Kier molecular flexibility index (Phi) is 2.96. The van der Waals surface area contributed by atoms with Crippen molar-refractivity contribution in [1.29, 1.82) is 0 Å². The van der Waals surface area contributed by atoms with E-state index in [4.69, 9.17) is 10.5 Å². The van der Waals surface area contributed by atoms with Crippen molar-refractivity contribution < 1.29 is 4.74 Å². The molecule has 14 heavy (non-hydrogen) atoms. The summed E-state index contributed by atoms with van der Waals surface area (Å²) in [7, 11) is 0. The van der Waals surface area contributed by atoms with Crippen molar-refractivity contribution in [2.75, 3.05) is 12.3 Å². The molecule has 1 aliphatic carbocycles. The van der Waals surface area contributed by atoms with Crippen LogP contribution in [0.4, 0.5) is 5.82 Å². The SMILES string of the molecule is CCOC1CC(n2ncc(I)c2N)C1. The largest absolute Gasteiger partial charge is 0.383 e. The van der Waals surface area contributed by atoms with E-state index in [1.54, 1.807) is 0 Å². The van der Waals surface area contributed by atoms with Gasteiger partial charge in [-0.05, 0) is 42.4 Å². The summed E-state index contributed by atoms with van der Waals surface area (Å²) in [6, 6.07) is 0.440. The van der Waals surface area contributed by atoms with Gasteiger partial charge in [-0.1, -0.05) is 0 Å². The summed E-state index contributed by atoms with van der Waals surface area (Å²) in [5, 5.41) is 4.26. The van der Waals surface area contributed by atoms with E-state index in [0.717, 1.165) is 28.8 Å². The van der Waals surface area contributed by atoms with Crippen molar-refractivity contribution in [1.82, 2.24) is 9.78 Å². The van der Waals surface area contributed by atoms with Crippen LogP contribution in [0, 0.1) is 3.57 Å². The van der Waals surface area contributed by atoms with Gasteiger partial charge in [-0.2, -0.15) is 5.10 Å². The van der Waals surface area contributed by atoms with Gasteiger partial charge in [0, 0.05) is 6.61 Å². The maximum absolute atomic E-state index is 5.88. The monoisotopic (exact) mass is 307 g/mol. The summed E-state index contributed by atoms with van der Waals surface area (Å²) in [4.78, 5) is 0. The molecule has 0 saturated heterocycles. The van der Waals surface area contributed by atoms with E-state index in [1.807, 2.05) is 17.8 Å². The van der Waals surface area contributed by atoms with Crippen molar-refractivity contribution in [2.45, 2.75) is 31.9 Å². The van der Waals surface area contributed by atoms with Crippen molar-refractivity contribution in [2.24, 2.45) is 0 Å². The molecule has 0 radical (unpaired) electrons. The first kappa shape index (κ1) is 10.2. The number of halogens is 1. The molecule has 0 spiro atoms. The Labute approximate surface area is 96.9 Å². The first-order valence-corrected chi connectivity index (χ1v) is 5.90. The van der Waals surface area contributed by atoms with Gasteiger partial charge in [0.1, 0.15) is 5.82 Å². The predicted molar refractivity (Wildman–Crippen MR) is 63.0 cm³/mol. The zero-order valence-electron chi connectivity index (χ0n) is 8.11. The molecule has 0 bridgehead atoms. The van der Waals surface area contributed by atoms with Gasteiger partial charge in [-0.3, -0.25) is 0 Å². The minimum absolute atomic E-state index is 0.409. The number of rotatable bonds is 3. The van der Waals surface area contributed by atoms with Crippen molar-refractivity contribution in [3.05, 3.63) is 9.77 Å². The van der Waals surface area contributed by atoms with Gasteiger partial charge in [-0.25, -0.2) is 4.68 Å². The van der Waals surface area contributed by atoms with Gasteiger partial charge in [0.2, 0.25) is 0 Å². The first-order chi connectivity index (χ1) is 6.72. The molecule has 1 fully saturated rings.